The molecule has 1 aliphatic heterocycles. The van der Waals surface area contributed by atoms with Crippen LogP contribution >= 0.6 is 23.4 Å². The number of benzene rings is 2. The molecule has 33 heavy (non-hydrogen) atoms. The summed E-state index contributed by atoms with van der Waals surface area (Å²) >= 11 is 7.21. The lowest BCUT2D eigenvalue weighted by molar-refractivity contribution is -0.139. The van der Waals surface area contributed by atoms with Crippen LogP contribution in [0.15, 0.2) is 60.0 Å². The molecule has 0 aliphatic carbocycles. The van der Waals surface area contributed by atoms with Crippen LogP contribution in [0.3, 0.4) is 0 Å². The molecule has 0 saturated carbocycles. The first-order valence-electron chi connectivity index (χ1n) is 10.5. The first-order chi connectivity index (χ1) is 16.0. The van der Waals surface area contributed by atoms with Crippen molar-refractivity contribution in [1.29, 1.82) is 0 Å². The lowest BCUT2D eigenvalue weighted by atomic mass is 10.2. The molecule has 2 amide bonds. The number of hydrogen-bond acceptors (Lipinski definition) is 6. The third kappa shape index (κ3) is 6.06. The van der Waals surface area contributed by atoms with Gasteiger partial charge in [0.15, 0.2) is 11.8 Å². The quantitative estimate of drug-likeness (QED) is 0.478. The Kier molecular flexibility index (Phi) is 7.51. The van der Waals surface area contributed by atoms with Gasteiger partial charge in [-0.3, -0.25) is 14.2 Å². The van der Waals surface area contributed by atoms with Gasteiger partial charge in [-0.15, -0.1) is 10.2 Å². The Hall–Kier alpha value is -3.04. The van der Waals surface area contributed by atoms with Crippen LogP contribution in [-0.4, -0.2) is 74.9 Å². The van der Waals surface area contributed by atoms with Crippen LogP contribution in [0.5, 0.6) is 5.75 Å². The van der Waals surface area contributed by atoms with E-state index in [4.69, 9.17) is 16.3 Å². The summed E-state index contributed by atoms with van der Waals surface area (Å²) in [5.74, 6) is 0.774. The zero-order valence-corrected chi connectivity index (χ0v) is 19.8. The predicted molar refractivity (Wildman–Crippen MR) is 127 cm³/mol. The molecule has 1 aliphatic rings. The maximum Gasteiger partial charge on any atom is 0.260 e. The fourth-order valence-corrected chi connectivity index (χ4v) is 4.35. The van der Waals surface area contributed by atoms with Gasteiger partial charge in [-0.05, 0) is 43.3 Å². The van der Waals surface area contributed by atoms with Crippen molar-refractivity contribution < 1.29 is 14.3 Å². The molecule has 8 nitrogen and oxygen atoms in total. The topological polar surface area (TPSA) is 80.6 Å². The molecule has 2 heterocycles. The van der Waals surface area contributed by atoms with Gasteiger partial charge in [0.1, 0.15) is 12.1 Å². The van der Waals surface area contributed by atoms with E-state index in [1.165, 1.54) is 17.3 Å². The first-order valence-corrected chi connectivity index (χ1v) is 11.9. The maximum atomic E-state index is 12.7. The number of carbonyl (C=O) groups is 2. The van der Waals surface area contributed by atoms with Crippen LogP contribution in [0.1, 0.15) is 5.56 Å². The van der Waals surface area contributed by atoms with E-state index in [1.807, 2.05) is 35.8 Å². The number of nitrogens with zero attached hydrogens (tertiary/aromatic N) is 5. The third-order valence-electron chi connectivity index (χ3n) is 5.31. The molecule has 1 fully saturated rings. The van der Waals surface area contributed by atoms with Crippen LogP contribution in [0.2, 0.25) is 5.02 Å². The van der Waals surface area contributed by atoms with Crippen molar-refractivity contribution in [3.05, 3.63) is 65.4 Å². The van der Waals surface area contributed by atoms with Crippen LogP contribution in [0, 0.1) is 6.92 Å². The van der Waals surface area contributed by atoms with Crippen molar-refractivity contribution in [2.24, 2.45) is 0 Å². The maximum absolute atomic E-state index is 12.7. The summed E-state index contributed by atoms with van der Waals surface area (Å²) in [6.07, 6.45) is 1.65. The highest BCUT2D eigenvalue weighted by atomic mass is 35.5. The van der Waals surface area contributed by atoms with Crippen LogP contribution in [0.4, 0.5) is 0 Å². The molecule has 3 aromatic rings. The third-order valence-corrected chi connectivity index (χ3v) is 6.49. The number of ether oxygens (including phenoxy) is 1. The zero-order chi connectivity index (χ0) is 23.2. The zero-order valence-electron chi connectivity index (χ0n) is 18.2. The van der Waals surface area contributed by atoms with Gasteiger partial charge in [0.25, 0.3) is 5.91 Å². The molecule has 0 bridgehead atoms. The summed E-state index contributed by atoms with van der Waals surface area (Å²) in [6.45, 7) is 3.95. The Morgan fingerprint density at radius 2 is 1.61 bits per heavy atom. The van der Waals surface area contributed by atoms with E-state index in [9.17, 15) is 9.59 Å². The average molecular weight is 486 g/mol. The molecular formula is C23H24ClN5O3S. The minimum absolute atomic E-state index is 0.0166. The van der Waals surface area contributed by atoms with Gasteiger partial charge in [0.2, 0.25) is 5.91 Å². The number of thioether (sulfide) groups is 1. The van der Waals surface area contributed by atoms with Gasteiger partial charge in [-0.2, -0.15) is 0 Å². The average Bonchev–Trinajstić information content (AvgIpc) is 3.31. The first kappa shape index (κ1) is 23.1. The van der Waals surface area contributed by atoms with E-state index in [0.717, 1.165) is 5.69 Å². The lowest BCUT2D eigenvalue weighted by Crippen LogP contribution is -2.52. The second-order valence-electron chi connectivity index (χ2n) is 7.61. The van der Waals surface area contributed by atoms with Gasteiger partial charge in [0.05, 0.1) is 5.75 Å². The minimum Gasteiger partial charge on any atom is -0.484 e. The summed E-state index contributed by atoms with van der Waals surface area (Å²) in [5, 5.41) is 9.42. The van der Waals surface area contributed by atoms with E-state index in [-0.39, 0.29) is 24.2 Å². The van der Waals surface area contributed by atoms with Crippen molar-refractivity contribution in [1.82, 2.24) is 24.6 Å². The smallest absolute Gasteiger partial charge is 0.260 e. The Balaban J connectivity index is 1.23. The molecule has 1 saturated heterocycles. The van der Waals surface area contributed by atoms with Crippen molar-refractivity contribution >= 4 is 35.2 Å². The number of aromatic nitrogens is 3. The molecule has 1 aromatic heterocycles. The summed E-state index contributed by atoms with van der Waals surface area (Å²) in [4.78, 5) is 28.7. The van der Waals surface area contributed by atoms with Gasteiger partial charge < -0.3 is 14.5 Å². The molecule has 0 spiro atoms. The van der Waals surface area contributed by atoms with Crippen LogP contribution in [0.25, 0.3) is 5.69 Å². The van der Waals surface area contributed by atoms with Crippen molar-refractivity contribution in [3.8, 4) is 11.4 Å². The Morgan fingerprint density at radius 1 is 0.970 bits per heavy atom. The Morgan fingerprint density at radius 3 is 2.27 bits per heavy atom. The normalized spacial score (nSPS) is 13.8. The molecule has 0 radical (unpaired) electrons. The van der Waals surface area contributed by atoms with Gasteiger partial charge in [-0.25, -0.2) is 0 Å². The van der Waals surface area contributed by atoms with Gasteiger partial charge in [-0.1, -0.05) is 41.1 Å². The number of carbonyl (C=O) groups excluding carboxylic acids is 2. The standard InChI is InChI=1S/C23H24ClN5O3S/c1-17-2-6-19(7-3-17)29-16-25-26-23(29)33-15-22(31)28-12-10-27(11-13-28)21(30)14-32-20-8-4-18(24)5-9-20/h2-9,16H,10-15H2,1H3. The van der Waals surface area contributed by atoms with Gasteiger partial charge >= 0.3 is 0 Å². The van der Waals surface area contributed by atoms with Gasteiger partial charge in [0, 0.05) is 36.9 Å². The molecule has 4 rings (SSSR count). The second kappa shape index (κ2) is 10.7. The second-order valence-corrected chi connectivity index (χ2v) is 8.99. The fourth-order valence-electron chi connectivity index (χ4n) is 3.40. The highest BCUT2D eigenvalue weighted by Gasteiger charge is 2.24. The highest BCUT2D eigenvalue weighted by molar-refractivity contribution is 7.99. The summed E-state index contributed by atoms with van der Waals surface area (Å²) in [6, 6.07) is 14.9. The fraction of sp³-hybridized carbons (Fsp3) is 0.304. The number of rotatable bonds is 7. The number of piperazine rings is 1. The van der Waals surface area contributed by atoms with E-state index in [2.05, 4.69) is 10.2 Å². The Bertz CT molecular complexity index is 1100. The largest absolute Gasteiger partial charge is 0.484 e. The van der Waals surface area contributed by atoms with E-state index >= 15 is 0 Å². The van der Waals surface area contributed by atoms with E-state index < -0.39 is 0 Å². The van der Waals surface area contributed by atoms with Crippen LogP contribution in [-0.2, 0) is 9.59 Å². The number of hydrogen-bond donors (Lipinski definition) is 0. The molecule has 0 N–H and O–H groups in total. The Labute approximate surface area is 201 Å². The highest BCUT2D eigenvalue weighted by Crippen LogP contribution is 2.21. The molecular weight excluding hydrogens is 462 g/mol. The van der Waals surface area contributed by atoms with Crippen molar-refractivity contribution in [3.63, 3.8) is 0 Å². The summed E-state index contributed by atoms with van der Waals surface area (Å²) in [5.41, 5.74) is 2.12. The van der Waals surface area contributed by atoms with Crippen molar-refractivity contribution in [2.75, 3.05) is 38.5 Å². The van der Waals surface area contributed by atoms with E-state index in [1.54, 1.807) is 40.4 Å². The molecule has 10 heteroatoms. The molecule has 0 atom stereocenters. The summed E-state index contributed by atoms with van der Waals surface area (Å²) < 4.78 is 7.41. The number of halogens is 1. The minimum atomic E-state index is -0.0994. The number of aryl methyl sites for hydroxylation is 1. The molecule has 0 unspecified atom stereocenters. The molecule has 2 aromatic carbocycles. The molecule has 172 valence electrons. The lowest BCUT2D eigenvalue weighted by Gasteiger charge is -2.34. The SMILES string of the molecule is Cc1ccc(-n2cnnc2SCC(=O)N2CCN(C(=O)COc3ccc(Cl)cc3)CC2)cc1. The predicted octanol–water partition coefficient (Wildman–Crippen LogP) is 3.07. The van der Waals surface area contributed by atoms with Crippen LogP contribution < -0.4 is 4.74 Å². The monoisotopic (exact) mass is 485 g/mol. The number of amides is 2. The summed E-state index contributed by atoms with van der Waals surface area (Å²) in [7, 11) is 0. The van der Waals surface area contributed by atoms with Crippen molar-refractivity contribution in [2.45, 2.75) is 12.1 Å². The van der Waals surface area contributed by atoms with E-state index in [0.29, 0.717) is 42.1 Å².